The predicted molar refractivity (Wildman–Crippen MR) is 68.2 cm³/mol. The lowest BCUT2D eigenvalue weighted by Crippen LogP contribution is -2.29. The van der Waals surface area contributed by atoms with Crippen LogP contribution in [0.3, 0.4) is 0 Å². The number of halogens is 2. The molecule has 0 saturated heterocycles. The Morgan fingerprint density at radius 3 is 2.47 bits per heavy atom. The van der Waals surface area contributed by atoms with Crippen LogP contribution in [0.2, 0.25) is 0 Å². The first-order valence-electron chi connectivity index (χ1n) is 6.01. The summed E-state index contributed by atoms with van der Waals surface area (Å²) in [5.74, 6) is -1.85. The number of fused-ring (bicyclic) bond motifs is 1. The SMILES string of the molecule is O=C(c1cc(F)cc(F)c1)N1CCc2ccccc21. The molecule has 96 valence electrons. The molecule has 2 aromatic rings. The minimum Gasteiger partial charge on any atom is -0.308 e. The molecule has 0 saturated carbocycles. The monoisotopic (exact) mass is 259 g/mol. The van der Waals surface area contributed by atoms with E-state index in [1.54, 1.807) is 4.90 Å². The molecule has 0 N–H and O–H groups in total. The van der Waals surface area contributed by atoms with Crippen LogP contribution < -0.4 is 4.90 Å². The van der Waals surface area contributed by atoms with Crippen molar-refractivity contribution < 1.29 is 13.6 Å². The topological polar surface area (TPSA) is 20.3 Å². The van der Waals surface area contributed by atoms with Crippen LogP contribution in [0.4, 0.5) is 14.5 Å². The molecule has 1 amide bonds. The summed E-state index contributed by atoms with van der Waals surface area (Å²) in [4.78, 5) is 13.9. The average Bonchev–Trinajstić information content (AvgIpc) is 2.80. The molecule has 3 rings (SSSR count). The van der Waals surface area contributed by atoms with Crippen molar-refractivity contribution in [3.05, 3.63) is 65.2 Å². The van der Waals surface area contributed by atoms with Gasteiger partial charge in [-0.25, -0.2) is 8.78 Å². The van der Waals surface area contributed by atoms with E-state index >= 15 is 0 Å². The number of anilines is 1. The highest BCUT2D eigenvalue weighted by Gasteiger charge is 2.25. The van der Waals surface area contributed by atoms with Gasteiger partial charge in [0.05, 0.1) is 0 Å². The maximum absolute atomic E-state index is 13.2. The minimum atomic E-state index is -0.740. The molecule has 0 aliphatic carbocycles. The van der Waals surface area contributed by atoms with Crippen LogP contribution in [0, 0.1) is 11.6 Å². The zero-order chi connectivity index (χ0) is 13.4. The van der Waals surface area contributed by atoms with Gasteiger partial charge in [-0.05, 0) is 30.2 Å². The molecule has 2 aromatic carbocycles. The lowest BCUT2D eigenvalue weighted by Gasteiger charge is -2.17. The molecule has 0 fully saturated rings. The van der Waals surface area contributed by atoms with Gasteiger partial charge in [0.1, 0.15) is 11.6 Å². The van der Waals surface area contributed by atoms with Crippen molar-refractivity contribution in [3.8, 4) is 0 Å². The number of hydrogen-bond acceptors (Lipinski definition) is 1. The minimum absolute atomic E-state index is 0.0363. The van der Waals surface area contributed by atoms with Gasteiger partial charge in [0.2, 0.25) is 0 Å². The number of benzene rings is 2. The first-order valence-corrected chi connectivity index (χ1v) is 6.01. The summed E-state index contributed by atoms with van der Waals surface area (Å²) in [6.45, 7) is 0.538. The van der Waals surface area contributed by atoms with Gasteiger partial charge in [-0.2, -0.15) is 0 Å². The van der Waals surface area contributed by atoms with Crippen LogP contribution in [0.25, 0.3) is 0 Å². The summed E-state index contributed by atoms with van der Waals surface area (Å²) in [6, 6.07) is 10.4. The summed E-state index contributed by atoms with van der Waals surface area (Å²) in [7, 11) is 0. The van der Waals surface area contributed by atoms with Crippen LogP contribution in [0.1, 0.15) is 15.9 Å². The smallest absolute Gasteiger partial charge is 0.258 e. The van der Waals surface area contributed by atoms with Crippen LogP contribution in [0.15, 0.2) is 42.5 Å². The Morgan fingerprint density at radius 2 is 1.74 bits per heavy atom. The number of carbonyl (C=O) groups excluding carboxylic acids is 1. The van der Waals surface area contributed by atoms with Crippen molar-refractivity contribution in [1.29, 1.82) is 0 Å². The molecule has 1 aliphatic heterocycles. The van der Waals surface area contributed by atoms with Crippen molar-refractivity contribution in [1.82, 2.24) is 0 Å². The highest BCUT2D eigenvalue weighted by atomic mass is 19.1. The third-order valence-corrected chi connectivity index (χ3v) is 3.24. The third-order valence-electron chi connectivity index (χ3n) is 3.24. The van der Waals surface area contributed by atoms with Gasteiger partial charge < -0.3 is 4.90 Å². The molecule has 1 heterocycles. The third kappa shape index (κ3) is 2.10. The Morgan fingerprint density at radius 1 is 1.05 bits per heavy atom. The zero-order valence-electron chi connectivity index (χ0n) is 10.1. The number of amides is 1. The summed E-state index contributed by atoms with van der Waals surface area (Å²) >= 11 is 0. The van der Waals surface area contributed by atoms with Gasteiger partial charge in [-0.1, -0.05) is 18.2 Å². The molecule has 0 bridgehead atoms. The fraction of sp³-hybridized carbons (Fsp3) is 0.133. The maximum Gasteiger partial charge on any atom is 0.258 e. The van der Waals surface area contributed by atoms with E-state index in [1.807, 2.05) is 24.3 Å². The normalized spacial score (nSPS) is 13.5. The van der Waals surface area contributed by atoms with Crippen molar-refractivity contribution in [2.75, 3.05) is 11.4 Å². The fourth-order valence-corrected chi connectivity index (χ4v) is 2.38. The molecule has 0 spiro atoms. The van der Waals surface area contributed by atoms with E-state index in [-0.39, 0.29) is 11.5 Å². The number of rotatable bonds is 1. The van der Waals surface area contributed by atoms with Crippen molar-refractivity contribution in [2.45, 2.75) is 6.42 Å². The molecule has 0 radical (unpaired) electrons. The lowest BCUT2D eigenvalue weighted by atomic mass is 10.1. The predicted octanol–water partition coefficient (Wildman–Crippen LogP) is 3.17. The van der Waals surface area contributed by atoms with E-state index in [0.29, 0.717) is 6.54 Å². The summed E-state index contributed by atoms with van der Waals surface area (Å²) in [5, 5.41) is 0. The first-order chi connectivity index (χ1) is 9.15. The van der Waals surface area contributed by atoms with E-state index < -0.39 is 11.6 Å². The largest absolute Gasteiger partial charge is 0.308 e. The van der Waals surface area contributed by atoms with E-state index in [2.05, 4.69) is 0 Å². The van der Waals surface area contributed by atoms with Gasteiger partial charge in [0, 0.05) is 23.9 Å². The molecule has 0 unspecified atom stereocenters. The van der Waals surface area contributed by atoms with E-state index in [4.69, 9.17) is 0 Å². The Balaban J connectivity index is 1.98. The Labute approximate surface area is 109 Å². The van der Waals surface area contributed by atoms with Crippen LogP contribution >= 0.6 is 0 Å². The van der Waals surface area contributed by atoms with Gasteiger partial charge in [0.25, 0.3) is 5.91 Å². The number of para-hydroxylation sites is 1. The van der Waals surface area contributed by atoms with Gasteiger partial charge in [-0.3, -0.25) is 4.79 Å². The maximum atomic E-state index is 13.2. The van der Waals surface area contributed by atoms with Gasteiger partial charge >= 0.3 is 0 Å². The second-order valence-electron chi connectivity index (χ2n) is 4.49. The van der Waals surface area contributed by atoms with Crippen molar-refractivity contribution in [3.63, 3.8) is 0 Å². The summed E-state index contributed by atoms with van der Waals surface area (Å²) < 4.78 is 26.3. The molecule has 19 heavy (non-hydrogen) atoms. The van der Waals surface area contributed by atoms with E-state index in [1.165, 1.54) is 0 Å². The van der Waals surface area contributed by atoms with Crippen molar-refractivity contribution in [2.24, 2.45) is 0 Å². The highest BCUT2D eigenvalue weighted by molar-refractivity contribution is 6.07. The van der Waals surface area contributed by atoms with Crippen molar-refractivity contribution >= 4 is 11.6 Å². The molecule has 4 heteroatoms. The first kappa shape index (κ1) is 11.8. The van der Waals surface area contributed by atoms with Crippen LogP contribution in [0.5, 0.6) is 0 Å². The van der Waals surface area contributed by atoms with E-state index in [9.17, 15) is 13.6 Å². The second-order valence-corrected chi connectivity index (χ2v) is 4.49. The summed E-state index contributed by atoms with van der Waals surface area (Å²) in [6.07, 6.45) is 0.764. The Kier molecular flexibility index (Phi) is 2.78. The number of carbonyl (C=O) groups is 1. The molecule has 0 aromatic heterocycles. The molecular formula is C15H11F2NO. The molecule has 1 aliphatic rings. The highest BCUT2D eigenvalue weighted by Crippen LogP contribution is 2.29. The number of hydrogen-bond donors (Lipinski definition) is 0. The molecular weight excluding hydrogens is 248 g/mol. The standard InChI is InChI=1S/C15H11F2NO/c16-12-7-11(8-13(17)9-12)15(19)18-6-5-10-3-1-2-4-14(10)18/h1-4,7-9H,5-6H2. The molecule has 0 atom stereocenters. The Hall–Kier alpha value is -2.23. The number of nitrogens with zero attached hydrogens (tertiary/aromatic N) is 1. The van der Waals surface area contributed by atoms with Gasteiger partial charge in [0.15, 0.2) is 0 Å². The Bertz CT molecular complexity index is 634. The quantitative estimate of drug-likeness (QED) is 0.770. The van der Waals surface area contributed by atoms with Crippen LogP contribution in [-0.4, -0.2) is 12.5 Å². The fourth-order valence-electron chi connectivity index (χ4n) is 2.38. The van der Waals surface area contributed by atoms with Gasteiger partial charge in [-0.15, -0.1) is 0 Å². The molecule has 2 nitrogen and oxygen atoms in total. The second kappa shape index (κ2) is 4.46. The van der Waals surface area contributed by atoms with Crippen LogP contribution in [-0.2, 0) is 6.42 Å². The summed E-state index contributed by atoms with van der Waals surface area (Å²) in [5.41, 5.74) is 1.93. The van der Waals surface area contributed by atoms with E-state index in [0.717, 1.165) is 35.9 Å². The zero-order valence-corrected chi connectivity index (χ0v) is 10.1. The lowest BCUT2D eigenvalue weighted by molar-refractivity contribution is 0.0988. The average molecular weight is 259 g/mol.